The number of ether oxygens (including phenoxy) is 5. The quantitative estimate of drug-likeness (QED) is 0.568. The summed E-state index contributed by atoms with van der Waals surface area (Å²) in [6.07, 6.45) is 3.80. The van der Waals surface area contributed by atoms with Crippen LogP contribution in [0.1, 0.15) is 36.7 Å². The summed E-state index contributed by atoms with van der Waals surface area (Å²) in [6, 6.07) is 1.69. The SMILES string of the molecule is COCOc1cc2c(c(OCOC)c1C(C)=O)C=CC(C)(C)O2. The van der Waals surface area contributed by atoms with Crippen molar-refractivity contribution in [2.75, 3.05) is 27.8 Å². The van der Waals surface area contributed by atoms with Crippen LogP contribution in [-0.4, -0.2) is 39.2 Å². The van der Waals surface area contributed by atoms with Crippen LogP contribution in [0.5, 0.6) is 17.2 Å². The normalized spacial score (nSPS) is 14.8. The summed E-state index contributed by atoms with van der Waals surface area (Å²) in [5.41, 5.74) is 0.573. The molecule has 0 N–H and O–H groups in total. The third-order valence-electron chi connectivity index (χ3n) is 3.28. The molecular formula is C17H22O6. The number of ketones is 1. The second-order valence-electron chi connectivity index (χ2n) is 5.69. The van der Waals surface area contributed by atoms with E-state index >= 15 is 0 Å². The zero-order valence-electron chi connectivity index (χ0n) is 14.1. The molecule has 1 heterocycles. The average molecular weight is 322 g/mol. The molecule has 0 unspecified atom stereocenters. The van der Waals surface area contributed by atoms with Gasteiger partial charge in [-0.1, -0.05) is 0 Å². The molecule has 0 bridgehead atoms. The molecule has 0 saturated carbocycles. The molecule has 1 aliphatic heterocycles. The van der Waals surface area contributed by atoms with Crippen molar-refractivity contribution in [3.05, 3.63) is 23.3 Å². The predicted molar refractivity (Wildman–Crippen MR) is 85.2 cm³/mol. The summed E-state index contributed by atoms with van der Waals surface area (Å²) in [5, 5.41) is 0. The molecule has 0 amide bonds. The average Bonchev–Trinajstić information content (AvgIpc) is 2.48. The van der Waals surface area contributed by atoms with Crippen LogP contribution in [0.4, 0.5) is 0 Å². The molecule has 6 nitrogen and oxygen atoms in total. The van der Waals surface area contributed by atoms with Crippen LogP contribution in [0, 0.1) is 0 Å². The Morgan fingerprint density at radius 1 is 1.17 bits per heavy atom. The highest BCUT2D eigenvalue weighted by molar-refractivity contribution is 6.01. The first-order valence-corrected chi connectivity index (χ1v) is 7.23. The number of carbonyl (C=O) groups excluding carboxylic acids is 1. The van der Waals surface area contributed by atoms with Crippen LogP contribution in [0.2, 0.25) is 0 Å². The van der Waals surface area contributed by atoms with Crippen molar-refractivity contribution in [1.29, 1.82) is 0 Å². The van der Waals surface area contributed by atoms with E-state index in [4.69, 9.17) is 23.7 Å². The van der Waals surface area contributed by atoms with Gasteiger partial charge in [0, 0.05) is 20.3 Å². The zero-order valence-corrected chi connectivity index (χ0v) is 14.1. The smallest absolute Gasteiger partial charge is 0.188 e. The maximum atomic E-state index is 12.1. The van der Waals surface area contributed by atoms with Crippen LogP contribution in [0.25, 0.3) is 6.08 Å². The summed E-state index contributed by atoms with van der Waals surface area (Å²) in [4.78, 5) is 12.1. The Morgan fingerprint density at radius 3 is 2.43 bits per heavy atom. The van der Waals surface area contributed by atoms with Crippen molar-refractivity contribution < 1.29 is 28.5 Å². The molecule has 0 radical (unpaired) electrons. The van der Waals surface area contributed by atoms with Gasteiger partial charge in [-0.25, -0.2) is 0 Å². The van der Waals surface area contributed by atoms with Gasteiger partial charge in [-0.2, -0.15) is 0 Å². The molecule has 0 aromatic heterocycles. The third kappa shape index (κ3) is 3.83. The van der Waals surface area contributed by atoms with E-state index in [9.17, 15) is 4.79 Å². The van der Waals surface area contributed by atoms with Gasteiger partial charge in [-0.15, -0.1) is 0 Å². The summed E-state index contributed by atoms with van der Waals surface area (Å²) >= 11 is 0. The van der Waals surface area contributed by atoms with Gasteiger partial charge in [-0.05, 0) is 32.9 Å². The monoisotopic (exact) mass is 322 g/mol. The van der Waals surface area contributed by atoms with Crippen molar-refractivity contribution in [3.63, 3.8) is 0 Å². The first kappa shape index (κ1) is 17.3. The second-order valence-corrected chi connectivity index (χ2v) is 5.69. The van der Waals surface area contributed by atoms with Gasteiger partial charge < -0.3 is 23.7 Å². The highest BCUT2D eigenvalue weighted by Crippen LogP contribution is 2.44. The Kier molecular flexibility index (Phi) is 5.28. The fourth-order valence-electron chi connectivity index (χ4n) is 2.31. The highest BCUT2D eigenvalue weighted by atomic mass is 16.7. The molecule has 0 atom stereocenters. The van der Waals surface area contributed by atoms with Gasteiger partial charge >= 0.3 is 0 Å². The van der Waals surface area contributed by atoms with E-state index in [1.165, 1.54) is 21.1 Å². The van der Waals surface area contributed by atoms with E-state index < -0.39 is 5.60 Å². The predicted octanol–water partition coefficient (Wildman–Crippen LogP) is 3.04. The molecule has 1 aromatic rings. The minimum atomic E-state index is -0.457. The number of carbonyl (C=O) groups is 1. The summed E-state index contributed by atoms with van der Waals surface area (Å²) in [5.74, 6) is 1.15. The van der Waals surface area contributed by atoms with Crippen molar-refractivity contribution in [3.8, 4) is 17.2 Å². The molecule has 0 spiro atoms. The van der Waals surface area contributed by atoms with Gasteiger partial charge in [0.1, 0.15) is 28.4 Å². The molecule has 2 rings (SSSR count). The van der Waals surface area contributed by atoms with Gasteiger partial charge in [0.25, 0.3) is 0 Å². The first-order valence-electron chi connectivity index (χ1n) is 7.23. The number of fused-ring (bicyclic) bond motifs is 1. The molecule has 126 valence electrons. The molecule has 6 heteroatoms. The standard InChI is InChI=1S/C17H22O6/c1-11(18)15-14(21-9-19-4)8-13-12(16(15)22-10-20-5)6-7-17(2,3)23-13/h6-8H,9-10H2,1-5H3. The Hall–Kier alpha value is -2.05. The molecule has 23 heavy (non-hydrogen) atoms. The van der Waals surface area contributed by atoms with E-state index in [-0.39, 0.29) is 19.4 Å². The van der Waals surface area contributed by atoms with Crippen LogP contribution < -0.4 is 14.2 Å². The lowest BCUT2D eigenvalue weighted by Crippen LogP contribution is -2.28. The lowest BCUT2D eigenvalue weighted by Gasteiger charge is -2.30. The Balaban J connectivity index is 2.60. The van der Waals surface area contributed by atoms with E-state index in [0.29, 0.717) is 28.4 Å². The fourth-order valence-corrected chi connectivity index (χ4v) is 2.31. The van der Waals surface area contributed by atoms with Gasteiger partial charge in [0.15, 0.2) is 19.4 Å². The number of rotatable bonds is 7. The lowest BCUT2D eigenvalue weighted by molar-refractivity contribution is 0.0435. The minimum absolute atomic E-state index is 0.0116. The van der Waals surface area contributed by atoms with Gasteiger partial charge in [0.2, 0.25) is 0 Å². The summed E-state index contributed by atoms with van der Waals surface area (Å²) < 4.78 is 27.0. The van der Waals surface area contributed by atoms with Gasteiger partial charge in [0.05, 0.1) is 5.56 Å². The molecule has 1 aliphatic rings. The van der Waals surface area contributed by atoms with Crippen LogP contribution >= 0.6 is 0 Å². The highest BCUT2D eigenvalue weighted by Gasteiger charge is 2.29. The lowest BCUT2D eigenvalue weighted by atomic mass is 9.97. The Labute approximate surface area is 135 Å². The third-order valence-corrected chi connectivity index (χ3v) is 3.28. The van der Waals surface area contributed by atoms with Crippen LogP contribution in [-0.2, 0) is 9.47 Å². The zero-order chi connectivity index (χ0) is 17.0. The first-order chi connectivity index (χ1) is 10.9. The van der Waals surface area contributed by atoms with Crippen molar-refractivity contribution in [1.82, 2.24) is 0 Å². The van der Waals surface area contributed by atoms with E-state index in [1.807, 2.05) is 26.0 Å². The minimum Gasteiger partial charge on any atom is -0.483 e. The number of methoxy groups -OCH3 is 2. The number of hydrogen-bond acceptors (Lipinski definition) is 6. The molecule has 0 fully saturated rings. The van der Waals surface area contributed by atoms with Crippen molar-refractivity contribution in [2.45, 2.75) is 26.4 Å². The molecule has 0 aliphatic carbocycles. The molecular weight excluding hydrogens is 300 g/mol. The van der Waals surface area contributed by atoms with E-state index in [2.05, 4.69) is 0 Å². The summed E-state index contributed by atoms with van der Waals surface area (Å²) in [7, 11) is 3.02. The number of benzene rings is 1. The van der Waals surface area contributed by atoms with E-state index in [1.54, 1.807) is 6.07 Å². The maximum absolute atomic E-state index is 12.1. The van der Waals surface area contributed by atoms with Crippen LogP contribution in [0.3, 0.4) is 0 Å². The number of Topliss-reactive ketones (excluding diaryl/α,β-unsaturated/α-hetero) is 1. The topological polar surface area (TPSA) is 63.2 Å². The van der Waals surface area contributed by atoms with Crippen molar-refractivity contribution in [2.24, 2.45) is 0 Å². The summed E-state index contributed by atoms with van der Waals surface area (Å²) in [6.45, 7) is 5.37. The Morgan fingerprint density at radius 2 is 1.83 bits per heavy atom. The molecule has 0 saturated heterocycles. The second kappa shape index (κ2) is 7.02. The largest absolute Gasteiger partial charge is 0.483 e. The fraction of sp³-hybridized carbons (Fsp3) is 0.471. The van der Waals surface area contributed by atoms with Crippen LogP contribution in [0.15, 0.2) is 12.1 Å². The van der Waals surface area contributed by atoms with Crippen molar-refractivity contribution >= 4 is 11.9 Å². The Bertz CT molecular complexity index is 618. The van der Waals surface area contributed by atoms with Gasteiger partial charge in [-0.3, -0.25) is 4.79 Å². The number of hydrogen-bond donors (Lipinski definition) is 0. The molecule has 1 aromatic carbocycles. The maximum Gasteiger partial charge on any atom is 0.188 e. The van der Waals surface area contributed by atoms with E-state index in [0.717, 1.165) is 0 Å².